The Kier molecular flexibility index (Phi) is 5.58. The van der Waals surface area contributed by atoms with Crippen LogP contribution in [-0.4, -0.2) is 24.2 Å². The summed E-state index contributed by atoms with van der Waals surface area (Å²) in [7, 11) is 0. The number of hydrogen-bond donors (Lipinski definition) is 1. The zero-order valence-electron chi connectivity index (χ0n) is 15.6. The van der Waals surface area contributed by atoms with Crippen molar-refractivity contribution in [1.29, 1.82) is 0 Å². The predicted molar refractivity (Wildman–Crippen MR) is 106 cm³/mol. The molecule has 1 heterocycles. The Morgan fingerprint density at radius 3 is 2.42 bits per heavy atom. The molecule has 0 saturated carbocycles. The Morgan fingerprint density at radius 2 is 1.77 bits per heavy atom. The van der Waals surface area contributed by atoms with Gasteiger partial charge in [-0.25, -0.2) is 0 Å². The lowest BCUT2D eigenvalue weighted by Crippen LogP contribution is -2.48. The van der Waals surface area contributed by atoms with E-state index in [0.717, 1.165) is 23.2 Å². The molecule has 0 bridgehead atoms. The van der Waals surface area contributed by atoms with Crippen molar-refractivity contribution >= 4 is 11.6 Å². The monoisotopic (exact) mass is 349 g/mol. The first-order valence-corrected chi connectivity index (χ1v) is 9.24. The highest BCUT2D eigenvalue weighted by molar-refractivity contribution is 5.96. The molecule has 136 valence electrons. The average Bonchev–Trinajstić information content (AvgIpc) is 2.65. The molecule has 3 heteroatoms. The van der Waals surface area contributed by atoms with Crippen LogP contribution in [0.3, 0.4) is 0 Å². The number of carbonyl (C=O) groups excluding carboxylic acids is 1. The molecule has 26 heavy (non-hydrogen) atoms. The van der Waals surface area contributed by atoms with E-state index in [-0.39, 0.29) is 17.9 Å². The molecule has 0 aliphatic carbocycles. The first kappa shape index (κ1) is 18.4. The van der Waals surface area contributed by atoms with E-state index >= 15 is 0 Å². The van der Waals surface area contributed by atoms with Crippen LogP contribution in [0.4, 0.5) is 5.69 Å². The molecule has 1 amide bonds. The molecule has 1 aliphatic heterocycles. The SMILES string of the molecule is Cc1cccc(C)c1N1CC(C=CCc2ccccc2)(CO)CCC1=O. The second kappa shape index (κ2) is 7.88. The van der Waals surface area contributed by atoms with Crippen molar-refractivity contribution in [1.82, 2.24) is 0 Å². The summed E-state index contributed by atoms with van der Waals surface area (Å²) in [6.07, 6.45) is 6.23. The van der Waals surface area contributed by atoms with Crippen molar-refractivity contribution in [3.63, 3.8) is 0 Å². The Labute approximate surface area is 156 Å². The summed E-state index contributed by atoms with van der Waals surface area (Å²) in [5, 5.41) is 10.1. The molecule has 1 unspecified atom stereocenters. The third-order valence-electron chi connectivity index (χ3n) is 5.30. The molecule has 1 atom stereocenters. The maximum absolute atomic E-state index is 12.6. The number of hydrogen-bond acceptors (Lipinski definition) is 2. The number of anilines is 1. The van der Waals surface area contributed by atoms with Crippen molar-refractivity contribution < 1.29 is 9.90 Å². The van der Waals surface area contributed by atoms with E-state index in [2.05, 4.69) is 24.3 Å². The Balaban J connectivity index is 1.83. The minimum Gasteiger partial charge on any atom is -0.395 e. The second-order valence-corrected chi connectivity index (χ2v) is 7.33. The van der Waals surface area contributed by atoms with Gasteiger partial charge in [-0.15, -0.1) is 0 Å². The molecule has 2 aromatic carbocycles. The molecule has 0 aromatic heterocycles. The zero-order chi connectivity index (χ0) is 18.6. The molecule has 1 N–H and O–H groups in total. The van der Waals surface area contributed by atoms with Gasteiger partial charge in [-0.3, -0.25) is 4.79 Å². The van der Waals surface area contributed by atoms with E-state index < -0.39 is 0 Å². The van der Waals surface area contributed by atoms with Crippen LogP contribution in [0.15, 0.2) is 60.7 Å². The van der Waals surface area contributed by atoms with Crippen molar-refractivity contribution in [2.45, 2.75) is 33.1 Å². The summed E-state index contributed by atoms with van der Waals surface area (Å²) in [6, 6.07) is 16.4. The van der Waals surface area contributed by atoms with Crippen LogP contribution in [0.1, 0.15) is 29.5 Å². The van der Waals surface area contributed by atoms with Gasteiger partial charge in [-0.1, -0.05) is 60.7 Å². The van der Waals surface area contributed by atoms with E-state index in [9.17, 15) is 9.90 Å². The minimum absolute atomic E-state index is 0.0486. The summed E-state index contributed by atoms with van der Waals surface area (Å²) < 4.78 is 0. The first-order valence-electron chi connectivity index (χ1n) is 9.24. The first-order chi connectivity index (χ1) is 12.5. The number of benzene rings is 2. The number of para-hydroxylation sites is 1. The van der Waals surface area contributed by atoms with E-state index in [4.69, 9.17) is 0 Å². The molecule has 1 saturated heterocycles. The van der Waals surface area contributed by atoms with Crippen molar-refractivity contribution in [2.75, 3.05) is 18.1 Å². The van der Waals surface area contributed by atoms with Crippen LogP contribution >= 0.6 is 0 Å². The van der Waals surface area contributed by atoms with E-state index in [1.54, 1.807) is 0 Å². The lowest BCUT2D eigenvalue weighted by molar-refractivity contribution is -0.121. The van der Waals surface area contributed by atoms with Gasteiger partial charge in [-0.05, 0) is 43.4 Å². The Morgan fingerprint density at radius 1 is 1.08 bits per heavy atom. The fourth-order valence-corrected chi connectivity index (χ4v) is 3.79. The lowest BCUT2D eigenvalue weighted by Gasteiger charge is -2.41. The third-order valence-corrected chi connectivity index (χ3v) is 5.30. The van der Waals surface area contributed by atoms with E-state index in [1.807, 2.05) is 55.1 Å². The average molecular weight is 349 g/mol. The summed E-state index contributed by atoms with van der Waals surface area (Å²) in [4.78, 5) is 14.5. The molecular weight excluding hydrogens is 322 g/mol. The topological polar surface area (TPSA) is 40.5 Å². The molecule has 0 spiro atoms. The van der Waals surface area contributed by atoms with Gasteiger partial charge in [0.15, 0.2) is 0 Å². The number of aliphatic hydroxyl groups excluding tert-OH is 1. The molecular formula is C23H27NO2. The van der Waals surface area contributed by atoms with E-state index in [1.165, 1.54) is 5.56 Å². The number of rotatable bonds is 5. The van der Waals surface area contributed by atoms with Crippen LogP contribution in [-0.2, 0) is 11.2 Å². The fraction of sp³-hybridized carbons (Fsp3) is 0.348. The van der Waals surface area contributed by atoms with Gasteiger partial charge in [0.2, 0.25) is 5.91 Å². The van der Waals surface area contributed by atoms with Gasteiger partial charge in [0.25, 0.3) is 0 Å². The Hall–Kier alpha value is -2.39. The van der Waals surface area contributed by atoms with Gasteiger partial charge < -0.3 is 10.0 Å². The number of allylic oxidation sites excluding steroid dienone is 1. The molecule has 1 aliphatic rings. The number of amides is 1. The van der Waals surface area contributed by atoms with E-state index in [0.29, 0.717) is 19.4 Å². The fourth-order valence-electron chi connectivity index (χ4n) is 3.79. The molecule has 3 nitrogen and oxygen atoms in total. The number of nitrogens with zero attached hydrogens (tertiary/aromatic N) is 1. The summed E-state index contributed by atoms with van der Waals surface area (Å²) in [5.74, 6) is 0.142. The third kappa shape index (κ3) is 3.88. The highest BCUT2D eigenvalue weighted by Crippen LogP contribution is 2.37. The zero-order valence-corrected chi connectivity index (χ0v) is 15.6. The molecule has 1 fully saturated rings. The number of aryl methyl sites for hydroxylation is 2. The number of piperidine rings is 1. The van der Waals surface area contributed by atoms with Gasteiger partial charge in [0.1, 0.15) is 0 Å². The highest BCUT2D eigenvalue weighted by atomic mass is 16.3. The number of carbonyl (C=O) groups is 1. The van der Waals surface area contributed by atoms with Crippen molar-refractivity contribution in [3.8, 4) is 0 Å². The van der Waals surface area contributed by atoms with Crippen LogP contribution in [0.5, 0.6) is 0 Å². The second-order valence-electron chi connectivity index (χ2n) is 7.33. The van der Waals surface area contributed by atoms with Gasteiger partial charge in [-0.2, -0.15) is 0 Å². The van der Waals surface area contributed by atoms with Crippen LogP contribution in [0.2, 0.25) is 0 Å². The standard InChI is InChI=1S/C23H27NO2/c1-18-8-6-9-19(2)22(18)24-16-23(17-25,15-13-21(24)26)14-7-12-20-10-4-3-5-11-20/h3-11,14,25H,12-13,15-17H2,1-2H3. The lowest BCUT2D eigenvalue weighted by atomic mass is 9.79. The van der Waals surface area contributed by atoms with Crippen LogP contribution in [0, 0.1) is 19.3 Å². The summed E-state index contributed by atoms with van der Waals surface area (Å²) in [5.41, 5.74) is 4.06. The predicted octanol–water partition coefficient (Wildman–Crippen LogP) is 4.21. The number of aliphatic hydroxyl groups is 1. The van der Waals surface area contributed by atoms with Crippen LogP contribution < -0.4 is 4.90 Å². The summed E-state index contributed by atoms with van der Waals surface area (Å²) in [6.45, 7) is 4.65. The maximum atomic E-state index is 12.6. The quantitative estimate of drug-likeness (QED) is 0.822. The highest BCUT2D eigenvalue weighted by Gasteiger charge is 2.37. The molecule has 0 radical (unpaired) electrons. The molecule has 2 aromatic rings. The van der Waals surface area contributed by atoms with Gasteiger partial charge in [0.05, 0.1) is 6.61 Å². The maximum Gasteiger partial charge on any atom is 0.227 e. The van der Waals surface area contributed by atoms with Crippen LogP contribution in [0.25, 0.3) is 0 Å². The smallest absolute Gasteiger partial charge is 0.227 e. The van der Waals surface area contributed by atoms with Crippen molar-refractivity contribution in [2.24, 2.45) is 5.41 Å². The minimum atomic E-state index is -0.378. The summed E-state index contributed by atoms with van der Waals surface area (Å²) >= 11 is 0. The van der Waals surface area contributed by atoms with Crippen molar-refractivity contribution in [3.05, 3.63) is 77.4 Å². The largest absolute Gasteiger partial charge is 0.395 e. The molecule has 3 rings (SSSR count). The Bertz CT molecular complexity index is 777. The van der Waals surface area contributed by atoms with Gasteiger partial charge in [0, 0.05) is 24.1 Å². The van der Waals surface area contributed by atoms with Gasteiger partial charge >= 0.3 is 0 Å². The normalized spacial score (nSPS) is 20.7.